The van der Waals surface area contributed by atoms with Crippen molar-refractivity contribution in [2.75, 3.05) is 0 Å². The third kappa shape index (κ3) is 8.73. The summed E-state index contributed by atoms with van der Waals surface area (Å²) in [7, 11) is 5.59. The first-order valence-electron chi connectivity index (χ1n) is 15.3. The molecule has 3 aliphatic rings. The molecule has 0 bridgehead atoms. The summed E-state index contributed by atoms with van der Waals surface area (Å²) in [5.41, 5.74) is 0.555. The Bertz CT molecular complexity index is 469. The summed E-state index contributed by atoms with van der Waals surface area (Å²) in [6.45, 7) is 5.31. The normalized spacial score (nSPS) is 28.4. The first-order valence-corrected chi connectivity index (χ1v) is 15.3. The van der Waals surface area contributed by atoms with E-state index in [9.17, 15) is 0 Å². The van der Waals surface area contributed by atoms with Gasteiger partial charge in [0.15, 0.2) is 0 Å². The fraction of sp³-hybridized carbons (Fsp3) is 1.00. The van der Waals surface area contributed by atoms with Gasteiger partial charge in [-0.1, -0.05) is 172 Å². The molecule has 3 saturated carbocycles. The molecule has 2 heteroatoms. The summed E-state index contributed by atoms with van der Waals surface area (Å²) in [4.78, 5) is 0. The van der Waals surface area contributed by atoms with E-state index in [-0.39, 0.29) is 0 Å². The first kappa shape index (κ1) is 26.7. The van der Waals surface area contributed by atoms with Crippen molar-refractivity contribution < 1.29 is 0 Å². The highest BCUT2D eigenvalue weighted by Crippen LogP contribution is 2.68. The van der Waals surface area contributed by atoms with E-state index in [1.807, 2.05) is 0 Å². The van der Waals surface area contributed by atoms with E-state index in [0.717, 1.165) is 0 Å². The molecule has 182 valence electrons. The Kier molecular flexibility index (Phi) is 11.6. The quantitative estimate of drug-likeness (QED) is 0.383. The van der Waals surface area contributed by atoms with Gasteiger partial charge in [-0.05, 0) is 18.3 Å². The molecule has 0 aromatic heterocycles. The van der Waals surface area contributed by atoms with Gasteiger partial charge in [0, 0.05) is 0 Å². The van der Waals surface area contributed by atoms with Crippen molar-refractivity contribution in [3.8, 4) is 0 Å². The molecule has 0 aromatic rings. The fourth-order valence-corrected chi connectivity index (χ4v) is 7.12. The SMILES string of the molecule is CC1([B][B]C2(C3(C)CCCCCCCCCCCC3)CC2)CCCCCCCCCCC1. The van der Waals surface area contributed by atoms with Gasteiger partial charge in [-0.3, -0.25) is 0 Å². The maximum atomic E-state index is 2.82. The second-order valence-electron chi connectivity index (χ2n) is 12.9. The minimum Gasteiger partial charge on any atom is -0.0688 e. The van der Waals surface area contributed by atoms with Crippen LogP contribution in [0.15, 0.2) is 0 Å². The van der Waals surface area contributed by atoms with Gasteiger partial charge in [-0.15, -0.1) is 0 Å². The zero-order valence-corrected chi connectivity index (χ0v) is 22.3. The molecule has 0 aliphatic heterocycles. The summed E-state index contributed by atoms with van der Waals surface area (Å²) in [5.74, 6) is 0. The van der Waals surface area contributed by atoms with Gasteiger partial charge in [0.25, 0.3) is 0 Å². The van der Waals surface area contributed by atoms with Crippen molar-refractivity contribution >= 4 is 14.3 Å². The lowest BCUT2D eigenvalue weighted by molar-refractivity contribution is 0.221. The van der Waals surface area contributed by atoms with E-state index in [1.165, 1.54) is 161 Å². The van der Waals surface area contributed by atoms with E-state index in [0.29, 0.717) is 16.0 Å². The van der Waals surface area contributed by atoms with Gasteiger partial charge in [0.2, 0.25) is 0 Å². The lowest BCUT2D eigenvalue weighted by Gasteiger charge is -2.41. The highest BCUT2D eigenvalue weighted by Gasteiger charge is 2.55. The van der Waals surface area contributed by atoms with E-state index in [4.69, 9.17) is 0 Å². The van der Waals surface area contributed by atoms with E-state index >= 15 is 0 Å². The predicted octanol–water partition coefficient (Wildman–Crippen LogP) is 10.4. The first-order chi connectivity index (χ1) is 15.6. The van der Waals surface area contributed by atoms with E-state index < -0.39 is 0 Å². The molecule has 0 spiro atoms. The summed E-state index contributed by atoms with van der Waals surface area (Å²) in [6.07, 6.45) is 36.8. The Morgan fingerprint density at radius 3 is 1.00 bits per heavy atom. The molecule has 0 nitrogen and oxygen atoms in total. The minimum atomic E-state index is 0.453. The van der Waals surface area contributed by atoms with Crippen LogP contribution < -0.4 is 0 Å². The summed E-state index contributed by atoms with van der Waals surface area (Å²) in [5, 5.41) is 0.994. The molecule has 0 unspecified atom stereocenters. The fourth-order valence-electron chi connectivity index (χ4n) is 7.12. The van der Waals surface area contributed by atoms with Crippen LogP contribution in [-0.4, -0.2) is 14.3 Å². The highest BCUT2D eigenvalue weighted by atomic mass is 14.5. The van der Waals surface area contributed by atoms with Gasteiger partial charge in [0.1, 0.15) is 0 Å². The standard InChI is InChI=1S/C30H56B2/c1-28(22-18-14-10-6-3-4-7-11-15-19-23-28)30(26-27-30)32-31-29(2)24-20-16-12-8-5-9-13-17-21-25-29/h3-27H2,1-2H3. The maximum Gasteiger partial charge on any atom is 0.0753 e. The molecule has 0 amide bonds. The zero-order valence-electron chi connectivity index (χ0n) is 22.3. The summed E-state index contributed by atoms with van der Waals surface area (Å²) >= 11 is 0. The highest BCUT2D eigenvalue weighted by molar-refractivity contribution is 7.03. The van der Waals surface area contributed by atoms with Crippen molar-refractivity contribution in [3.63, 3.8) is 0 Å². The van der Waals surface area contributed by atoms with Crippen LogP contribution in [0.1, 0.15) is 174 Å². The molecular weight excluding hydrogens is 382 g/mol. The number of hydrogen-bond donors (Lipinski definition) is 0. The van der Waals surface area contributed by atoms with E-state index in [2.05, 4.69) is 28.2 Å². The zero-order chi connectivity index (χ0) is 22.6. The van der Waals surface area contributed by atoms with Crippen molar-refractivity contribution in [3.05, 3.63) is 0 Å². The van der Waals surface area contributed by atoms with Crippen LogP contribution in [0.5, 0.6) is 0 Å². The van der Waals surface area contributed by atoms with E-state index in [1.54, 1.807) is 0 Å². The molecule has 2 radical (unpaired) electrons. The molecule has 3 fully saturated rings. The van der Waals surface area contributed by atoms with Crippen LogP contribution in [0.25, 0.3) is 0 Å². The Morgan fingerprint density at radius 1 is 0.344 bits per heavy atom. The Hall–Kier alpha value is 0.130. The Morgan fingerprint density at radius 2 is 0.656 bits per heavy atom. The number of rotatable bonds is 4. The summed E-state index contributed by atoms with van der Waals surface area (Å²) < 4.78 is 0. The minimum absolute atomic E-state index is 0.453. The third-order valence-corrected chi connectivity index (χ3v) is 10.00. The lowest BCUT2D eigenvalue weighted by atomic mass is 9.20. The molecule has 0 aromatic carbocycles. The van der Waals surface area contributed by atoms with Crippen LogP contribution in [0.4, 0.5) is 0 Å². The van der Waals surface area contributed by atoms with Gasteiger partial charge < -0.3 is 0 Å². The van der Waals surface area contributed by atoms with Crippen molar-refractivity contribution in [2.24, 2.45) is 5.41 Å². The van der Waals surface area contributed by atoms with Gasteiger partial charge in [-0.25, -0.2) is 0 Å². The second-order valence-corrected chi connectivity index (χ2v) is 12.9. The molecule has 0 atom stereocenters. The monoisotopic (exact) mass is 438 g/mol. The second kappa shape index (κ2) is 13.9. The van der Waals surface area contributed by atoms with Crippen LogP contribution in [0.2, 0.25) is 10.6 Å². The largest absolute Gasteiger partial charge is 0.0753 e. The number of hydrogen-bond acceptors (Lipinski definition) is 0. The predicted molar refractivity (Wildman–Crippen MR) is 146 cm³/mol. The third-order valence-electron chi connectivity index (χ3n) is 10.00. The Balaban J connectivity index is 1.57. The van der Waals surface area contributed by atoms with Gasteiger partial charge in [-0.2, -0.15) is 0 Å². The molecule has 3 aliphatic carbocycles. The lowest BCUT2D eigenvalue weighted by Crippen LogP contribution is -2.35. The van der Waals surface area contributed by atoms with Gasteiger partial charge in [0.05, 0.1) is 14.3 Å². The van der Waals surface area contributed by atoms with Crippen LogP contribution in [-0.2, 0) is 0 Å². The summed E-state index contributed by atoms with van der Waals surface area (Å²) in [6, 6.07) is 0. The van der Waals surface area contributed by atoms with Crippen LogP contribution in [0.3, 0.4) is 0 Å². The maximum absolute atomic E-state index is 2.82. The molecule has 0 saturated heterocycles. The van der Waals surface area contributed by atoms with Crippen LogP contribution >= 0.6 is 0 Å². The molecule has 32 heavy (non-hydrogen) atoms. The average Bonchev–Trinajstić information content (AvgIpc) is 3.57. The van der Waals surface area contributed by atoms with Crippen LogP contribution in [0, 0.1) is 5.41 Å². The van der Waals surface area contributed by atoms with Crippen molar-refractivity contribution in [1.82, 2.24) is 0 Å². The molecule has 0 heterocycles. The smallest absolute Gasteiger partial charge is 0.0688 e. The topological polar surface area (TPSA) is 0 Å². The molecule has 3 rings (SSSR count). The molecule has 0 N–H and O–H groups in total. The van der Waals surface area contributed by atoms with Crippen molar-refractivity contribution in [1.29, 1.82) is 0 Å². The Labute approximate surface area is 204 Å². The van der Waals surface area contributed by atoms with Crippen molar-refractivity contribution in [2.45, 2.75) is 185 Å². The molecular formula is C30H56B2. The van der Waals surface area contributed by atoms with Gasteiger partial charge >= 0.3 is 0 Å². The average molecular weight is 438 g/mol.